The molecule has 0 atom stereocenters. The van der Waals surface area contributed by atoms with Gasteiger partial charge in [-0.05, 0) is 6.07 Å². The molecule has 118 valence electrons. The highest BCUT2D eigenvalue weighted by molar-refractivity contribution is 6.04. The molecule has 22 heavy (non-hydrogen) atoms. The number of carbonyl (C=O) groups is 1. The molecule has 7 heteroatoms. The molecule has 0 bridgehead atoms. The quantitative estimate of drug-likeness (QED) is 0.822. The number of morpholine rings is 1. The molecule has 0 aliphatic carbocycles. The predicted molar refractivity (Wildman–Crippen MR) is 81.5 cm³/mol. The number of aromatic nitrogens is 2. The van der Waals surface area contributed by atoms with Crippen molar-refractivity contribution in [3.05, 3.63) is 30.0 Å². The first-order valence-corrected chi connectivity index (χ1v) is 7.38. The summed E-state index contributed by atoms with van der Waals surface area (Å²) in [6, 6.07) is 7.73. The summed E-state index contributed by atoms with van der Waals surface area (Å²) in [5.74, 6) is -0.330. The van der Waals surface area contributed by atoms with Crippen molar-refractivity contribution in [3.8, 4) is 0 Å². The minimum absolute atomic E-state index is 0.330. The van der Waals surface area contributed by atoms with E-state index >= 15 is 0 Å². The Morgan fingerprint density at radius 1 is 1.32 bits per heavy atom. The maximum atomic E-state index is 12.0. The van der Waals surface area contributed by atoms with E-state index in [0.717, 1.165) is 50.3 Å². The molecule has 0 saturated carbocycles. The highest BCUT2D eigenvalue weighted by Gasteiger charge is 2.17. The molecule has 0 radical (unpaired) electrons. The molecule has 1 saturated heterocycles. The minimum Gasteiger partial charge on any atom is -0.379 e. The SMILES string of the molecule is CONC(=O)c1nn(CCN2CCOCC2)c2ccccc12. The maximum absolute atomic E-state index is 12.0. The third-order valence-electron chi connectivity index (χ3n) is 3.80. The molecule has 1 fully saturated rings. The lowest BCUT2D eigenvalue weighted by molar-refractivity contribution is 0.0361. The highest BCUT2D eigenvalue weighted by Crippen LogP contribution is 2.18. The van der Waals surface area contributed by atoms with Gasteiger partial charge < -0.3 is 4.74 Å². The van der Waals surface area contributed by atoms with Crippen LogP contribution in [0.2, 0.25) is 0 Å². The second kappa shape index (κ2) is 6.87. The Labute approximate surface area is 128 Å². The summed E-state index contributed by atoms with van der Waals surface area (Å²) in [6.45, 7) is 5.07. The number of nitrogens with zero attached hydrogens (tertiary/aromatic N) is 3. The molecular formula is C15H20N4O3. The van der Waals surface area contributed by atoms with Crippen molar-refractivity contribution >= 4 is 16.8 Å². The van der Waals surface area contributed by atoms with Gasteiger partial charge in [-0.15, -0.1) is 0 Å². The summed E-state index contributed by atoms with van der Waals surface area (Å²) in [6.07, 6.45) is 0. The van der Waals surface area contributed by atoms with Crippen molar-refractivity contribution < 1.29 is 14.4 Å². The van der Waals surface area contributed by atoms with E-state index in [9.17, 15) is 4.79 Å². The van der Waals surface area contributed by atoms with Crippen LogP contribution in [0.15, 0.2) is 24.3 Å². The van der Waals surface area contributed by atoms with Gasteiger partial charge in [-0.2, -0.15) is 5.10 Å². The number of fused-ring (bicyclic) bond motifs is 1. The topological polar surface area (TPSA) is 68.6 Å². The van der Waals surface area contributed by atoms with Crippen molar-refractivity contribution in [1.82, 2.24) is 20.2 Å². The Morgan fingerprint density at radius 2 is 2.09 bits per heavy atom. The fourth-order valence-electron chi connectivity index (χ4n) is 2.67. The van der Waals surface area contributed by atoms with Gasteiger partial charge in [-0.25, -0.2) is 5.48 Å². The van der Waals surface area contributed by atoms with Crippen molar-refractivity contribution in [3.63, 3.8) is 0 Å². The van der Waals surface area contributed by atoms with Crippen LogP contribution in [0.25, 0.3) is 10.9 Å². The summed E-state index contributed by atoms with van der Waals surface area (Å²) in [5, 5.41) is 5.29. The Morgan fingerprint density at radius 3 is 2.86 bits per heavy atom. The van der Waals surface area contributed by atoms with Crippen LogP contribution in [0.3, 0.4) is 0 Å². The van der Waals surface area contributed by atoms with Gasteiger partial charge in [0.15, 0.2) is 5.69 Å². The molecular weight excluding hydrogens is 284 g/mol. The van der Waals surface area contributed by atoms with E-state index in [2.05, 4.69) is 15.5 Å². The molecule has 2 heterocycles. The molecule has 1 aliphatic rings. The fourth-order valence-corrected chi connectivity index (χ4v) is 2.67. The number of benzene rings is 1. The van der Waals surface area contributed by atoms with Crippen molar-refractivity contribution in [1.29, 1.82) is 0 Å². The lowest BCUT2D eigenvalue weighted by atomic mass is 10.2. The van der Waals surface area contributed by atoms with Crippen molar-refractivity contribution in [2.45, 2.75) is 6.54 Å². The number of hydrogen-bond acceptors (Lipinski definition) is 5. The van der Waals surface area contributed by atoms with Crippen molar-refractivity contribution in [2.24, 2.45) is 0 Å². The van der Waals surface area contributed by atoms with E-state index in [4.69, 9.17) is 9.57 Å². The van der Waals surface area contributed by atoms with Gasteiger partial charge in [0.25, 0.3) is 5.91 Å². The number of ether oxygens (including phenoxy) is 1. The fraction of sp³-hybridized carbons (Fsp3) is 0.467. The number of rotatable bonds is 5. The summed E-state index contributed by atoms with van der Waals surface area (Å²) in [5.41, 5.74) is 3.67. The van der Waals surface area contributed by atoms with E-state index in [-0.39, 0.29) is 5.91 Å². The third-order valence-corrected chi connectivity index (χ3v) is 3.80. The zero-order valence-corrected chi connectivity index (χ0v) is 12.6. The number of amides is 1. The lowest BCUT2D eigenvalue weighted by Crippen LogP contribution is -2.38. The zero-order chi connectivity index (χ0) is 15.4. The Kier molecular flexibility index (Phi) is 4.67. The number of nitrogens with one attached hydrogen (secondary N) is 1. The molecule has 1 N–H and O–H groups in total. The van der Waals surface area contributed by atoms with Crippen LogP contribution in [0.5, 0.6) is 0 Å². The van der Waals surface area contributed by atoms with Crippen LogP contribution in [-0.2, 0) is 16.1 Å². The van der Waals surface area contributed by atoms with E-state index in [1.165, 1.54) is 7.11 Å². The first-order valence-electron chi connectivity index (χ1n) is 7.38. The molecule has 2 aromatic rings. The predicted octanol–water partition coefficient (Wildman–Crippen LogP) is 0.660. The van der Waals surface area contributed by atoms with Gasteiger partial charge >= 0.3 is 0 Å². The van der Waals surface area contributed by atoms with E-state index in [1.54, 1.807) is 0 Å². The molecule has 0 unspecified atom stereocenters. The molecule has 0 spiro atoms. The van der Waals surface area contributed by atoms with Crippen LogP contribution in [0, 0.1) is 0 Å². The minimum atomic E-state index is -0.330. The molecule has 1 aromatic carbocycles. The van der Waals surface area contributed by atoms with Crippen molar-refractivity contribution in [2.75, 3.05) is 40.0 Å². The van der Waals surface area contributed by atoms with Gasteiger partial charge in [0.1, 0.15) is 0 Å². The van der Waals surface area contributed by atoms with Gasteiger partial charge in [-0.3, -0.25) is 19.2 Å². The van der Waals surface area contributed by atoms with Crippen LogP contribution >= 0.6 is 0 Å². The van der Waals surface area contributed by atoms with Gasteiger partial charge in [0.2, 0.25) is 0 Å². The summed E-state index contributed by atoms with van der Waals surface area (Å²) in [7, 11) is 1.41. The van der Waals surface area contributed by atoms with Crippen LogP contribution in [-0.4, -0.2) is 60.5 Å². The largest absolute Gasteiger partial charge is 0.379 e. The van der Waals surface area contributed by atoms with Gasteiger partial charge in [0, 0.05) is 25.0 Å². The van der Waals surface area contributed by atoms with Crippen LogP contribution in [0.4, 0.5) is 0 Å². The maximum Gasteiger partial charge on any atom is 0.295 e. The summed E-state index contributed by atoms with van der Waals surface area (Å²) >= 11 is 0. The Hall–Kier alpha value is -1.96. The first-order chi connectivity index (χ1) is 10.8. The average molecular weight is 304 g/mol. The number of hydroxylamine groups is 1. The van der Waals surface area contributed by atoms with E-state index in [1.807, 2.05) is 28.9 Å². The summed E-state index contributed by atoms with van der Waals surface area (Å²) in [4.78, 5) is 19.1. The number of hydrogen-bond donors (Lipinski definition) is 1. The highest BCUT2D eigenvalue weighted by atomic mass is 16.6. The first kappa shape index (κ1) is 15.0. The van der Waals surface area contributed by atoms with Crippen LogP contribution < -0.4 is 5.48 Å². The molecule has 1 amide bonds. The van der Waals surface area contributed by atoms with E-state index in [0.29, 0.717) is 5.69 Å². The number of para-hydroxylation sites is 1. The smallest absolute Gasteiger partial charge is 0.295 e. The lowest BCUT2D eigenvalue weighted by Gasteiger charge is -2.26. The van der Waals surface area contributed by atoms with Gasteiger partial charge in [-0.1, -0.05) is 18.2 Å². The standard InChI is InChI=1S/C15H20N4O3/c1-21-17-15(20)14-12-4-2-3-5-13(12)19(16-14)7-6-18-8-10-22-11-9-18/h2-5H,6-11H2,1H3,(H,17,20). The normalized spacial score (nSPS) is 16.0. The monoisotopic (exact) mass is 304 g/mol. The molecule has 7 nitrogen and oxygen atoms in total. The molecule has 1 aliphatic heterocycles. The third kappa shape index (κ3) is 3.11. The zero-order valence-electron chi connectivity index (χ0n) is 12.6. The van der Waals surface area contributed by atoms with E-state index < -0.39 is 0 Å². The Balaban J connectivity index is 1.81. The second-order valence-electron chi connectivity index (χ2n) is 5.18. The van der Waals surface area contributed by atoms with Gasteiger partial charge in [0.05, 0.1) is 32.4 Å². The second-order valence-corrected chi connectivity index (χ2v) is 5.18. The molecule has 1 aromatic heterocycles. The Bertz CT molecular complexity index is 649. The number of carbonyl (C=O) groups excluding carboxylic acids is 1. The summed E-state index contributed by atoms with van der Waals surface area (Å²) < 4.78 is 7.24. The van der Waals surface area contributed by atoms with Crippen LogP contribution in [0.1, 0.15) is 10.5 Å². The molecule has 3 rings (SSSR count). The average Bonchev–Trinajstić information content (AvgIpc) is 2.93.